The lowest BCUT2D eigenvalue weighted by atomic mass is 9.97. The fraction of sp³-hybridized carbons (Fsp3) is 0. The molecule has 4 nitrogen and oxygen atoms in total. The van der Waals surface area contributed by atoms with Gasteiger partial charge in [0, 0.05) is 10.3 Å². The lowest BCUT2D eigenvalue weighted by molar-refractivity contribution is 1.31. The third kappa shape index (κ3) is 2.55. The number of nitrogens with zero attached hydrogens (tertiary/aromatic N) is 4. The fourth-order valence-corrected chi connectivity index (χ4v) is 4.16. The van der Waals surface area contributed by atoms with Gasteiger partial charge < -0.3 is 0 Å². The van der Waals surface area contributed by atoms with E-state index in [2.05, 4.69) is 87.8 Å². The molecule has 0 N–H and O–H groups in total. The van der Waals surface area contributed by atoms with Crippen LogP contribution in [-0.2, 0) is 0 Å². The molecular formula is C25H14N4. The van der Waals surface area contributed by atoms with Gasteiger partial charge in [-0.15, -0.1) is 0 Å². The first-order valence-corrected chi connectivity index (χ1v) is 9.43. The zero-order valence-electron chi connectivity index (χ0n) is 15.4. The predicted octanol–water partition coefficient (Wildman–Crippen LogP) is 7.79. The van der Waals surface area contributed by atoms with Gasteiger partial charge in [0.1, 0.15) is 5.82 Å². The Balaban J connectivity index is 1.65. The molecule has 134 valence electrons. The molecule has 0 amide bonds. The van der Waals surface area contributed by atoms with Crippen LogP contribution in [0.25, 0.3) is 64.4 Å². The highest BCUT2D eigenvalue weighted by Gasteiger charge is 2.05. The van der Waals surface area contributed by atoms with E-state index >= 15 is 0 Å². The van der Waals surface area contributed by atoms with Crippen LogP contribution in [0.3, 0.4) is 0 Å². The van der Waals surface area contributed by atoms with E-state index in [1.54, 1.807) is 6.07 Å². The molecule has 0 aliphatic heterocycles. The number of pyridine rings is 1. The highest BCUT2D eigenvalue weighted by molar-refractivity contribution is 6.09. The monoisotopic (exact) mass is 370 g/mol. The van der Waals surface area contributed by atoms with Crippen LogP contribution in [0.15, 0.2) is 90.0 Å². The molecule has 6 rings (SSSR count). The van der Waals surface area contributed by atoms with Gasteiger partial charge in [-0.25, -0.2) is 4.98 Å². The molecule has 0 radical (unpaired) electrons. The minimum atomic E-state index is 0.387. The van der Waals surface area contributed by atoms with Crippen LogP contribution in [-0.4, -0.2) is 4.98 Å². The quantitative estimate of drug-likeness (QED) is 0.126. The predicted molar refractivity (Wildman–Crippen MR) is 121 cm³/mol. The number of hydrogen-bond donors (Lipinski definition) is 0. The average molecular weight is 370 g/mol. The highest BCUT2D eigenvalue weighted by atomic mass is 15.2. The second kappa shape index (κ2) is 5.93. The number of hydrogen-bond acceptors (Lipinski definition) is 2. The Morgan fingerprint density at radius 1 is 0.552 bits per heavy atom. The SMILES string of the molecule is [N-]=[N+]=Nc1ccc2cc3cc4cc5cc6ccccc6cc5cc4cc3cc2n1. The normalized spacial score (nSPS) is 11.4. The number of benzene rings is 5. The second-order valence-corrected chi connectivity index (χ2v) is 7.35. The van der Waals surface area contributed by atoms with Crippen molar-refractivity contribution in [3.05, 3.63) is 95.4 Å². The molecule has 6 aromatic rings. The van der Waals surface area contributed by atoms with Crippen molar-refractivity contribution in [2.24, 2.45) is 5.11 Å². The molecule has 5 aromatic carbocycles. The van der Waals surface area contributed by atoms with Gasteiger partial charge in [0.05, 0.1) is 5.52 Å². The number of azide groups is 1. The molecule has 0 saturated heterocycles. The first-order chi connectivity index (χ1) is 14.3. The largest absolute Gasteiger partial charge is 0.246 e. The van der Waals surface area contributed by atoms with Gasteiger partial charge in [-0.1, -0.05) is 30.3 Å². The molecule has 0 aliphatic rings. The first kappa shape index (κ1) is 15.9. The van der Waals surface area contributed by atoms with E-state index in [-0.39, 0.29) is 0 Å². The highest BCUT2D eigenvalue weighted by Crippen LogP contribution is 2.32. The molecular weight excluding hydrogens is 356 g/mol. The summed E-state index contributed by atoms with van der Waals surface area (Å²) >= 11 is 0. The molecule has 29 heavy (non-hydrogen) atoms. The van der Waals surface area contributed by atoms with Gasteiger partial charge in [0.25, 0.3) is 0 Å². The second-order valence-electron chi connectivity index (χ2n) is 7.35. The van der Waals surface area contributed by atoms with Crippen LogP contribution >= 0.6 is 0 Å². The smallest absolute Gasteiger partial charge is 0.127 e. The van der Waals surface area contributed by atoms with Crippen molar-refractivity contribution < 1.29 is 0 Å². The van der Waals surface area contributed by atoms with Crippen molar-refractivity contribution in [2.45, 2.75) is 0 Å². The van der Waals surface area contributed by atoms with Gasteiger partial charge >= 0.3 is 0 Å². The average Bonchev–Trinajstić information content (AvgIpc) is 2.73. The maximum Gasteiger partial charge on any atom is 0.127 e. The standard InChI is InChI=1S/C25H14N4/c26-29-28-25-6-5-17-9-20-12-21-10-18-7-15-3-1-2-4-16(15)8-19(18)11-22(21)13-23(20)14-24(17)27-25/h1-14H. The third-order valence-electron chi connectivity index (χ3n) is 5.56. The summed E-state index contributed by atoms with van der Waals surface area (Å²) in [5.41, 5.74) is 9.48. The summed E-state index contributed by atoms with van der Waals surface area (Å²) in [7, 11) is 0. The minimum absolute atomic E-state index is 0.387. The van der Waals surface area contributed by atoms with Crippen molar-refractivity contribution in [1.82, 2.24) is 4.98 Å². The summed E-state index contributed by atoms with van der Waals surface area (Å²) in [6.07, 6.45) is 0. The van der Waals surface area contributed by atoms with Crippen LogP contribution in [0.5, 0.6) is 0 Å². The van der Waals surface area contributed by atoms with Gasteiger partial charge in [0.15, 0.2) is 0 Å². The number of aromatic nitrogens is 1. The summed E-state index contributed by atoms with van der Waals surface area (Å²) < 4.78 is 0. The molecule has 1 heterocycles. The van der Waals surface area contributed by atoms with Crippen molar-refractivity contribution in [1.29, 1.82) is 0 Å². The van der Waals surface area contributed by atoms with Crippen LogP contribution in [0.2, 0.25) is 0 Å². The van der Waals surface area contributed by atoms with E-state index in [0.717, 1.165) is 16.3 Å². The summed E-state index contributed by atoms with van der Waals surface area (Å²) in [6.45, 7) is 0. The van der Waals surface area contributed by atoms with E-state index in [1.807, 2.05) is 6.07 Å². The van der Waals surface area contributed by atoms with Gasteiger partial charge in [-0.3, -0.25) is 0 Å². The van der Waals surface area contributed by atoms with Crippen molar-refractivity contribution in [2.75, 3.05) is 0 Å². The summed E-state index contributed by atoms with van der Waals surface area (Å²) in [5, 5.41) is 14.3. The molecule has 0 fully saturated rings. The van der Waals surface area contributed by atoms with E-state index in [1.165, 1.54) is 37.7 Å². The van der Waals surface area contributed by atoms with Crippen LogP contribution in [0.1, 0.15) is 0 Å². The molecule has 4 heteroatoms. The lowest BCUT2D eigenvalue weighted by Gasteiger charge is -2.08. The molecule has 0 saturated carbocycles. The Morgan fingerprint density at radius 3 is 1.59 bits per heavy atom. The molecule has 0 bridgehead atoms. The Labute approximate surface area is 165 Å². The maximum atomic E-state index is 8.65. The lowest BCUT2D eigenvalue weighted by Crippen LogP contribution is -1.83. The van der Waals surface area contributed by atoms with Crippen LogP contribution in [0, 0.1) is 0 Å². The molecule has 0 spiro atoms. The number of fused-ring (bicyclic) bond motifs is 5. The Kier molecular flexibility index (Phi) is 3.25. The van der Waals surface area contributed by atoms with Crippen LogP contribution in [0.4, 0.5) is 5.82 Å². The van der Waals surface area contributed by atoms with E-state index in [4.69, 9.17) is 5.53 Å². The zero-order chi connectivity index (χ0) is 19.4. The third-order valence-corrected chi connectivity index (χ3v) is 5.56. The summed E-state index contributed by atoms with van der Waals surface area (Å²) in [5.74, 6) is 0.387. The molecule has 0 aliphatic carbocycles. The van der Waals surface area contributed by atoms with Gasteiger partial charge in [-0.2, -0.15) is 0 Å². The fourth-order valence-electron chi connectivity index (χ4n) is 4.16. The topological polar surface area (TPSA) is 61.7 Å². The van der Waals surface area contributed by atoms with Crippen molar-refractivity contribution in [3.63, 3.8) is 0 Å². The van der Waals surface area contributed by atoms with E-state index in [0.29, 0.717) is 5.82 Å². The molecule has 0 unspecified atom stereocenters. The van der Waals surface area contributed by atoms with Gasteiger partial charge in [-0.05, 0) is 108 Å². The zero-order valence-corrected chi connectivity index (χ0v) is 15.4. The first-order valence-electron chi connectivity index (χ1n) is 9.43. The Bertz CT molecular complexity index is 1660. The summed E-state index contributed by atoms with van der Waals surface area (Å²) in [4.78, 5) is 7.29. The van der Waals surface area contributed by atoms with Crippen LogP contribution < -0.4 is 0 Å². The molecule has 0 atom stereocenters. The number of rotatable bonds is 1. The Hall–Kier alpha value is -4.14. The van der Waals surface area contributed by atoms with E-state index in [9.17, 15) is 0 Å². The summed E-state index contributed by atoms with van der Waals surface area (Å²) in [6, 6.07) is 29.8. The molecule has 1 aromatic heterocycles. The van der Waals surface area contributed by atoms with Crippen molar-refractivity contribution >= 4 is 59.8 Å². The van der Waals surface area contributed by atoms with Crippen molar-refractivity contribution in [3.8, 4) is 0 Å². The minimum Gasteiger partial charge on any atom is -0.246 e. The van der Waals surface area contributed by atoms with E-state index < -0.39 is 0 Å². The Morgan fingerprint density at radius 2 is 1.03 bits per heavy atom. The maximum absolute atomic E-state index is 8.65. The van der Waals surface area contributed by atoms with Gasteiger partial charge in [0.2, 0.25) is 0 Å².